The molecule has 0 radical (unpaired) electrons. The Balaban J connectivity index is 3.38. The van der Waals surface area contributed by atoms with E-state index >= 15 is 0 Å². The minimum atomic E-state index is 0.302. The van der Waals surface area contributed by atoms with Crippen molar-refractivity contribution in [2.24, 2.45) is 0 Å². The molecule has 0 saturated heterocycles. The van der Waals surface area contributed by atoms with Crippen LogP contribution < -0.4 is 0 Å². The summed E-state index contributed by atoms with van der Waals surface area (Å²) in [5.41, 5.74) is 0. The van der Waals surface area contributed by atoms with Crippen molar-refractivity contribution in [2.75, 3.05) is 19.5 Å². The zero-order valence-corrected chi connectivity index (χ0v) is 13.0. The van der Waals surface area contributed by atoms with Gasteiger partial charge in [0.25, 0.3) is 0 Å². The highest BCUT2D eigenvalue weighted by molar-refractivity contribution is 6.17. The Bertz CT molecular complexity index is 197. The fraction of sp³-hybridized carbons (Fsp3) is 0.933. The monoisotopic (exact) mass is 275 g/mol. The number of rotatable bonds is 12. The van der Waals surface area contributed by atoms with E-state index < -0.39 is 0 Å². The molecule has 0 spiro atoms. The number of carbonyl (C=O) groups is 1. The predicted octanol–water partition coefficient (Wildman–Crippen LogP) is 4.60. The van der Waals surface area contributed by atoms with Crippen molar-refractivity contribution >= 4 is 17.5 Å². The topological polar surface area (TPSA) is 20.3 Å². The highest BCUT2D eigenvalue weighted by Gasteiger charge is 2.07. The maximum Gasteiger partial charge on any atom is 0.222 e. The largest absolute Gasteiger partial charge is 0.346 e. The fourth-order valence-electron chi connectivity index (χ4n) is 1.99. The van der Waals surface area contributed by atoms with Gasteiger partial charge in [-0.3, -0.25) is 4.79 Å². The van der Waals surface area contributed by atoms with Crippen LogP contribution in [-0.4, -0.2) is 30.3 Å². The van der Waals surface area contributed by atoms with E-state index in [0.717, 1.165) is 44.5 Å². The van der Waals surface area contributed by atoms with Gasteiger partial charge in [-0.25, -0.2) is 0 Å². The number of hydrogen-bond acceptors (Lipinski definition) is 1. The van der Waals surface area contributed by atoms with Crippen molar-refractivity contribution in [1.29, 1.82) is 0 Å². The van der Waals surface area contributed by atoms with Gasteiger partial charge >= 0.3 is 0 Å². The third-order valence-corrected chi connectivity index (χ3v) is 3.56. The first kappa shape index (κ1) is 17.8. The maximum absolute atomic E-state index is 11.8. The number of halogens is 1. The quantitative estimate of drug-likeness (QED) is 0.376. The summed E-state index contributed by atoms with van der Waals surface area (Å²) in [5.74, 6) is 1.03. The van der Waals surface area contributed by atoms with Gasteiger partial charge in [0.1, 0.15) is 0 Å². The average Bonchev–Trinajstić information content (AvgIpc) is 2.38. The standard InChI is InChI=1S/C15H30ClNO/c1-3-4-5-6-7-9-12-15(18)17(2)14-11-8-10-13-16/h3-14H2,1-2H3. The van der Waals surface area contributed by atoms with E-state index in [2.05, 4.69) is 6.92 Å². The van der Waals surface area contributed by atoms with Crippen LogP contribution in [0.2, 0.25) is 0 Å². The number of alkyl halides is 1. The summed E-state index contributed by atoms with van der Waals surface area (Å²) in [5, 5.41) is 0. The van der Waals surface area contributed by atoms with Crippen molar-refractivity contribution < 1.29 is 4.79 Å². The van der Waals surface area contributed by atoms with E-state index in [1.807, 2.05) is 11.9 Å². The Morgan fingerprint density at radius 2 is 1.56 bits per heavy atom. The number of hydrogen-bond donors (Lipinski definition) is 0. The average molecular weight is 276 g/mol. The summed E-state index contributed by atoms with van der Waals surface area (Å²) < 4.78 is 0. The van der Waals surface area contributed by atoms with Crippen LogP contribution >= 0.6 is 11.6 Å². The Morgan fingerprint density at radius 1 is 0.944 bits per heavy atom. The van der Waals surface area contributed by atoms with Gasteiger partial charge in [0.2, 0.25) is 5.91 Å². The molecule has 0 unspecified atom stereocenters. The highest BCUT2D eigenvalue weighted by Crippen LogP contribution is 2.08. The molecule has 0 saturated carbocycles. The zero-order chi connectivity index (χ0) is 13.6. The van der Waals surface area contributed by atoms with E-state index in [1.54, 1.807) is 0 Å². The minimum Gasteiger partial charge on any atom is -0.346 e. The van der Waals surface area contributed by atoms with Crippen LogP contribution in [0.4, 0.5) is 0 Å². The summed E-state index contributed by atoms with van der Waals surface area (Å²) >= 11 is 5.62. The molecule has 1 amide bonds. The van der Waals surface area contributed by atoms with Gasteiger partial charge < -0.3 is 4.90 Å². The van der Waals surface area contributed by atoms with Gasteiger partial charge in [0.15, 0.2) is 0 Å². The second kappa shape index (κ2) is 13.2. The Morgan fingerprint density at radius 3 is 2.22 bits per heavy atom. The van der Waals surface area contributed by atoms with E-state index in [0.29, 0.717) is 5.91 Å². The first-order valence-electron chi connectivity index (χ1n) is 7.52. The molecular weight excluding hydrogens is 246 g/mol. The van der Waals surface area contributed by atoms with Gasteiger partial charge in [-0.15, -0.1) is 11.6 Å². The molecule has 0 fully saturated rings. The van der Waals surface area contributed by atoms with Crippen molar-refractivity contribution in [3.05, 3.63) is 0 Å². The highest BCUT2D eigenvalue weighted by atomic mass is 35.5. The van der Waals surface area contributed by atoms with E-state index in [1.165, 1.54) is 32.1 Å². The van der Waals surface area contributed by atoms with Gasteiger partial charge in [-0.05, 0) is 19.3 Å². The third kappa shape index (κ3) is 10.9. The van der Waals surface area contributed by atoms with Gasteiger partial charge in [-0.1, -0.05) is 45.4 Å². The molecule has 0 aliphatic carbocycles. The molecule has 0 aliphatic heterocycles. The van der Waals surface area contributed by atoms with Crippen molar-refractivity contribution in [3.8, 4) is 0 Å². The number of carbonyl (C=O) groups excluding carboxylic acids is 1. The molecule has 0 rings (SSSR count). The molecular formula is C15H30ClNO. The third-order valence-electron chi connectivity index (χ3n) is 3.30. The van der Waals surface area contributed by atoms with Crippen LogP contribution in [0.15, 0.2) is 0 Å². The molecule has 0 atom stereocenters. The smallest absolute Gasteiger partial charge is 0.222 e. The lowest BCUT2D eigenvalue weighted by atomic mass is 10.1. The van der Waals surface area contributed by atoms with E-state index in [9.17, 15) is 4.79 Å². The Labute approximate surface area is 118 Å². The van der Waals surface area contributed by atoms with Crippen molar-refractivity contribution in [3.63, 3.8) is 0 Å². The van der Waals surface area contributed by atoms with Gasteiger partial charge in [0, 0.05) is 25.9 Å². The van der Waals surface area contributed by atoms with Crippen LogP contribution in [0.5, 0.6) is 0 Å². The minimum absolute atomic E-state index is 0.302. The summed E-state index contributed by atoms with van der Waals surface area (Å²) in [4.78, 5) is 13.7. The first-order valence-corrected chi connectivity index (χ1v) is 8.05. The molecule has 0 aromatic heterocycles. The Hall–Kier alpha value is -0.240. The van der Waals surface area contributed by atoms with Crippen LogP contribution in [0.25, 0.3) is 0 Å². The second-order valence-electron chi connectivity index (χ2n) is 5.08. The molecule has 0 aromatic carbocycles. The van der Waals surface area contributed by atoms with Crippen molar-refractivity contribution in [1.82, 2.24) is 4.90 Å². The molecule has 108 valence electrons. The maximum atomic E-state index is 11.8. The number of amides is 1. The number of nitrogens with zero attached hydrogens (tertiary/aromatic N) is 1. The summed E-state index contributed by atoms with van der Waals surface area (Å²) in [6.07, 6.45) is 11.4. The van der Waals surface area contributed by atoms with Crippen LogP contribution in [0, 0.1) is 0 Å². The number of unbranched alkanes of at least 4 members (excludes halogenated alkanes) is 7. The fourth-order valence-corrected chi connectivity index (χ4v) is 2.18. The summed E-state index contributed by atoms with van der Waals surface area (Å²) in [6.45, 7) is 3.11. The summed E-state index contributed by atoms with van der Waals surface area (Å²) in [6, 6.07) is 0. The van der Waals surface area contributed by atoms with Gasteiger partial charge in [0.05, 0.1) is 0 Å². The molecule has 0 N–H and O–H groups in total. The van der Waals surface area contributed by atoms with Crippen LogP contribution in [-0.2, 0) is 4.79 Å². The van der Waals surface area contributed by atoms with Crippen LogP contribution in [0.3, 0.4) is 0 Å². The van der Waals surface area contributed by atoms with Gasteiger partial charge in [-0.2, -0.15) is 0 Å². The SMILES string of the molecule is CCCCCCCCC(=O)N(C)CCCCCCl. The van der Waals surface area contributed by atoms with E-state index in [4.69, 9.17) is 11.6 Å². The zero-order valence-electron chi connectivity index (χ0n) is 12.2. The van der Waals surface area contributed by atoms with E-state index in [-0.39, 0.29) is 0 Å². The molecule has 0 aliphatic rings. The lowest BCUT2D eigenvalue weighted by Gasteiger charge is -2.16. The lowest BCUT2D eigenvalue weighted by Crippen LogP contribution is -2.27. The van der Waals surface area contributed by atoms with Crippen molar-refractivity contribution in [2.45, 2.75) is 71.1 Å². The molecule has 2 nitrogen and oxygen atoms in total. The second-order valence-corrected chi connectivity index (χ2v) is 5.46. The molecule has 18 heavy (non-hydrogen) atoms. The predicted molar refractivity (Wildman–Crippen MR) is 80.2 cm³/mol. The lowest BCUT2D eigenvalue weighted by molar-refractivity contribution is -0.130. The molecule has 0 bridgehead atoms. The normalized spacial score (nSPS) is 10.6. The first-order chi connectivity index (χ1) is 8.72. The molecule has 0 heterocycles. The molecule has 3 heteroatoms. The molecule has 0 aromatic rings. The summed E-state index contributed by atoms with van der Waals surface area (Å²) in [7, 11) is 1.92. The Kier molecular flexibility index (Phi) is 13.0. The van der Waals surface area contributed by atoms with Crippen LogP contribution in [0.1, 0.15) is 71.1 Å².